The van der Waals surface area contributed by atoms with E-state index in [-0.39, 0.29) is 18.0 Å². The van der Waals surface area contributed by atoms with Gasteiger partial charge in [0.2, 0.25) is 0 Å². The average Bonchev–Trinajstić information content (AvgIpc) is 2.65. The molecule has 1 aliphatic rings. The molecule has 1 aliphatic heterocycles. The second-order valence-electron chi connectivity index (χ2n) is 7.17. The third kappa shape index (κ3) is 5.21. The van der Waals surface area contributed by atoms with Crippen molar-refractivity contribution in [3.05, 3.63) is 29.8 Å². The van der Waals surface area contributed by atoms with Crippen LogP contribution in [0.2, 0.25) is 0 Å². The number of hydrogen-bond donors (Lipinski definition) is 2. The quantitative estimate of drug-likeness (QED) is 0.798. The number of urea groups is 1. The first kappa shape index (κ1) is 20.7. The minimum atomic E-state index is -0.810. The van der Waals surface area contributed by atoms with Gasteiger partial charge in [-0.2, -0.15) is 0 Å². The topological polar surface area (TPSA) is 90.0 Å². The third-order valence-corrected chi connectivity index (χ3v) is 4.88. The number of aliphatic carboxylic acids is 1. The van der Waals surface area contributed by atoms with Crippen molar-refractivity contribution in [2.24, 2.45) is 5.92 Å². The lowest BCUT2D eigenvalue weighted by Gasteiger charge is -2.31. The van der Waals surface area contributed by atoms with Gasteiger partial charge in [-0.05, 0) is 45.2 Å². The molecular formula is C20H29N3O4. The number of nitrogens with zero attached hydrogens (tertiary/aromatic N) is 2. The molecule has 0 spiro atoms. The molecule has 0 saturated carbocycles. The Morgan fingerprint density at radius 3 is 2.41 bits per heavy atom. The molecule has 1 aromatic rings. The summed E-state index contributed by atoms with van der Waals surface area (Å²) in [6.45, 7) is 7.42. The molecule has 1 aromatic carbocycles. The minimum absolute atomic E-state index is 0.0660. The van der Waals surface area contributed by atoms with Crippen LogP contribution in [0.4, 0.5) is 10.5 Å². The number of para-hydroxylation sites is 1. The molecule has 7 nitrogen and oxygen atoms in total. The molecule has 3 amide bonds. The summed E-state index contributed by atoms with van der Waals surface area (Å²) in [6, 6.07) is 6.77. The molecule has 0 aromatic heterocycles. The smallest absolute Gasteiger partial charge is 0.321 e. The number of carbonyl (C=O) groups excluding carboxylic acids is 2. The van der Waals surface area contributed by atoms with Crippen molar-refractivity contribution < 1.29 is 19.5 Å². The van der Waals surface area contributed by atoms with E-state index in [0.29, 0.717) is 43.7 Å². The Morgan fingerprint density at radius 1 is 1.22 bits per heavy atom. The third-order valence-electron chi connectivity index (χ3n) is 4.88. The van der Waals surface area contributed by atoms with Gasteiger partial charge in [0.05, 0.1) is 17.2 Å². The van der Waals surface area contributed by atoms with Crippen LogP contribution in [0.25, 0.3) is 0 Å². The van der Waals surface area contributed by atoms with E-state index >= 15 is 0 Å². The molecule has 1 heterocycles. The molecule has 0 bridgehead atoms. The maximum Gasteiger partial charge on any atom is 0.321 e. The van der Waals surface area contributed by atoms with Crippen LogP contribution in [0.1, 0.15) is 50.4 Å². The predicted octanol–water partition coefficient (Wildman–Crippen LogP) is 3.28. The van der Waals surface area contributed by atoms with Gasteiger partial charge >= 0.3 is 12.0 Å². The van der Waals surface area contributed by atoms with Crippen LogP contribution >= 0.6 is 0 Å². The molecule has 1 fully saturated rings. The molecule has 0 unspecified atom stereocenters. The highest BCUT2D eigenvalue weighted by Crippen LogP contribution is 2.22. The van der Waals surface area contributed by atoms with E-state index in [1.807, 2.05) is 20.8 Å². The van der Waals surface area contributed by atoms with Gasteiger partial charge in [-0.1, -0.05) is 19.1 Å². The number of likely N-dealkylation sites (tertiary alicyclic amines) is 1. The number of carbonyl (C=O) groups is 3. The highest BCUT2D eigenvalue weighted by Gasteiger charge is 2.28. The summed E-state index contributed by atoms with van der Waals surface area (Å²) in [4.78, 5) is 40.0. The van der Waals surface area contributed by atoms with Crippen LogP contribution in [0.15, 0.2) is 24.3 Å². The molecule has 148 valence electrons. The molecule has 0 radical (unpaired) electrons. The van der Waals surface area contributed by atoms with Crippen molar-refractivity contribution in [3.8, 4) is 0 Å². The van der Waals surface area contributed by atoms with E-state index in [1.54, 1.807) is 34.1 Å². The summed E-state index contributed by atoms with van der Waals surface area (Å²) < 4.78 is 0. The van der Waals surface area contributed by atoms with Crippen LogP contribution in [-0.4, -0.2) is 58.5 Å². The summed E-state index contributed by atoms with van der Waals surface area (Å²) in [5, 5.41) is 11.9. The Bertz CT molecular complexity index is 682. The van der Waals surface area contributed by atoms with E-state index in [9.17, 15) is 14.4 Å². The maximum absolute atomic E-state index is 13.0. The fraction of sp³-hybridized carbons (Fsp3) is 0.550. The first-order chi connectivity index (χ1) is 12.8. The average molecular weight is 375 g/mol. The van der Waals surface area contributed by atoms with Gasteiger partial charge < -0.3 is 20.2 Å². The molecule has 1 saturated heterocycles. The van der Waals surface area contributed by atoms with E-state index in [4.69, 9.17) is 5.11 Å². The van der Waals surface area contributed by atoms with E-state index in [2.05, 4.69) is 5.32 Å². The number of carboxylic acids is 1. The number of piperidine rings is 1. The molecule has 0 atom stereocenters. The predicted molar refractivity (Wildman–Crippen MR) is 104 cm³/mol. The zero-order valence-electron chi connectivity index (χ0n) is 16.3. The molecule has 0 aliphatic carbocycles. The second kappa shape index (κ2) is 9.39. The van der Waals surface area contributed by atoms with Gasteiger partial charge in [0.15, 0.2) is 0 Å². The summed E-state index contributed by atoms with van der Waals surface area (Å²) in [5.41, 5.74) is 0.947. The van der Waals surface area contributed by atoms with Crippen LogP contribution in [0.5, 0.6) is 0 Å². The number of benzene rings is 1. The number of anilines is 1. The SMILES string of the molecule is CCCN(C(=O)c1ccccc1NC(=O)N1CCC(C(=O)O)CC1)C(C)C. The molecular weight excluding hydrogens is 346 g/mol. The van der Waals surface area contributed by atoms with Crippen molar-refractivity contribution in [3.63, 3.8) is 0 Å². The number of nitrogens with one attached hydrogen (secondary N) is 1. The normalized spacial score (nSPS) is 14.9. The fourth-order valence-electron chi connectivity index (χ4n) is 3.29. The van der Waals surface area contributed by atoms with E-state index in [1.165, 1.54) is 0 Å². The summed E-state index contributed by atoms with van der Waals surface area (Å²) in [5.74, 6) is -1.31. The van der Waals surface area contributed by atoms with Crippen molar-refractivity contribution in [1.82, 2.24) is 9.80 Å². The standard InChI is InChI=1S/C20H29N3O4/c1-4-11-23(14(2)3)18(24)16-7-5-6-8-17(16)21-20(27)22-12-9-15(10-13-22)19(25)26/h5-8,14-15H,4,9-13H2,1-3H3,(H,21,27)(H,25,26). The maximum atomic E-state index is 13.0. The Hall–Kier alpha value is -2.57. The number of hydrogen-bond acceptors (Lipinski definition) is 3. The summed E-state index contributed by atoms with van der Waals surface area (Å²) >= 11 is 0. The van der Waals surface area contributed by atoms with Gasteiger partial charge in [-0.3, -0.25) is 9.59 Å². The first-order valence-corrected chi connectivity index (χ1v) is 9.53. The van der Waals surface area contributed by atoms with Gasteiger partial charge in [0.25, 0.3) is 5.91 Å². The number of rotatable bonds is 6. The highest BCUT2D eigenvalue weighted by molar-refractivity contribution is 6.03. The number of amides is 3. The van der Waals surface area contributed by atoms with Gasteiger partial charge in [0, 0.05) is 25.7 Å². The minimum Gasteiger partial charge on any atom is -0.481 e. The van der Waals surface area contributed by atoms with Gasteiger partial charge in [-0.15, -0.1) is 0 Å². The van der Waals surface area contributed by atoms with E-state index in [0.717, 1.165) is 6.42 Å². The van der Waals surface area contributed by atoms with Crippen LogP contribution in [-0.2, 0) is 4.79 Å². The Balaban J connectivity index is 2.10. The van der Waals surface area contributed by atoms with Crippen LogP contribution < -0.4 is 5.32 Å². The van der Waals surface area contributed by atoms with Crippen molar-refractivity contribution in [2.45, 2.75) is 46.1 Å². The molecule has 27 heavy (non-hydrogen) atoms. The zero-order valence-corrected chi connectivity index (χ0v) is 16.3. The zero-order chi connectivity index (χ0) is 20.0. The lowest BCUT2D eigenvalue weighted by molar-refractivity contribution is -0.143. The molecule has 2 rings (SSSR count). The monoisotopic (exact) mass is 375 g/mol. The summed E-state index contributed by atoms with van der Waals surface area (Å²) in [6.07, 6.45) is 1.75. The lowest BCUT2D eigenvalue weighted by atomic mass is 9.97. The fourth-order valence-corrected chi connectivity index (χ4v) is 3.29. The summed E-state index contributed by atoms with van der Waals surface area (Å²) in [7, 11) is 0. The second-order valence-corrected chi connectivity index (χ2v) is 7.17. The van der Waals surface area contributed by atoms with E-state index < -0.39 is 11.9 Å². The Labute approximate surface area is 160 Å². The lowest BCUT2D eigenvalue weighted by Crippen LogP contribution is -2.43. The highest BCUT2D eigenvalue weighted by atomic mass is 16.4. The largest absolute Gasteiger partial charge is 0.481 e. The van der Waals surface area contributed by atoms with Gasteiger partial charge in [-0.25, -0.2) is 4.79 Å². The van der Waals surface area contributed by atoms with Crippen molar-refractivity contribution >= 4 is 23.6 Å². The van der Waals surface area contributed by atoms with Crippen molar-refractivity contribution in [2.75, 3.05) is 25.0 Å². The molecule has 7 heteroatoms. The Morgan fingerprint density at radius 2 is 1.85 bits per heavy atom. The van der Waals surface area contributed by atoms with Gasteiger partial charge in [0.1, 0.15) is 0 Å². The van der Waals surface area contributed by atoms with Crippen molar-refractivity contribution in [1.29, 1.82) is 0 Å². The molecule has 2 N–H and O–H groups in total. The number of carboxylic acid groups (broad SMARTS) is 1. The Kier molecular flexibility index (Phi) is 7.21. The van der Waals surface area contributed by atoms with Crippen LogP contribution in [0.3, 0.4) is 0 Å². The van der Waals surface area contributed by atoms with Crippen LogP contribution in [0, 0.1) is 5.92 Å². The first-order valence-electron chi connectivity index (χ1n) is 9.53.